The summed E-state index contributed by atoms with van der Waals surface area (Å²) in [5.74, 6) is -2.50. The van der Waals surface area contributed by atoms with Crippen LogP contribution in [0.4, 0.5) is 26.3 Å². The van der Waals surface area contributed by atoms with Gasteiger partial charge in [-0.2, -0.15) is 26.3 Å². The molecule has 4 nitrogen and oxygen atoms in total. The van der Waals surface area contributed by atoms with Gasteiger partial charge >= 0.3 is 18.3 Å². The predicted molar refractivity (Wildman–Crippen MR) is 94.9 cm³/mol. The van der Waals surface area contributed by atoms with Crippen LogP contribution in [0.25, 0.3) is 0 Å². The number of aliphatic carboxylic acids is 1. The zero-order valence-electron chi connectivity index (χ0n) is 14.9. The molecule has 0 aromatic heterocycles. The molecule has 0 aliphatic carbocycles. The molecule has 162 valence electrons. The Bertz CT molecular complexity index is 910. The van der Waals surface area contributed by atoms with E-state index in [2.05, 4.69) is 5.32 Å². The van der Waals surface area contributed by atoms with Crippen molar-refractivity contribution in [3.05, 3.63) is 69.7 Å². The predicted octanol–water partition coefficient (Wildman–Crippen LogP) is 4.73. The van der Waals surface area contributed by atoms with E-state index in [1.165, 1.54) is 12.1 Å². The highest BCUT2D eigenvalue weighted by Crippen LogP contribution is 2.36. The summed E-state index contributed by atoms with van der Waals surface area (Å²) in [5, 5.41) is 11.6. The molecule has 1 atom stereocenters. The molecular weight excluding hydrogens is 440 g/mol. The van der Waals surface area contributed by atoms with Gasteiger partial charge in [0.05, 0.1) is 17.5 Å². The van der Waals surface area contributed by atoms with Crippen LogP contribution in [0.15, 0.2) is 42.5 Å². The Morgan fingerprint density at radius 1 is 0.967 bits per heavy atom. The largest absolute Gasteiger partial charge is 0.480 e. The van der Waals surface area contributed by atoms with Gasteiger partial charge in [0.25, 0.3) is 0 Å². The molecule has 30 heavy (non-hydrogen) atoms. The summed E-state index contributed by atoms with van der Waals surface area (Å²) in [6.45, 7) is 0. The summed E-state index contributed by atoms with van der Waals surface area (Å²) in [7, 11) is 0. The van der Waals surface area contributed by atoms with Gasteiger partial charge in [-0.1, -0.05) is 29.8 Å². The number of carbonyl (C=O) groups is 2. The van der Waals surface area contributed by atoms with Crippen LogP contribution in [0.1, 0.15) is 22.3 Å². The normalized spacial score (nSPS) is 13.0. The highest BCUT2D eigenvalue weighted by molar-refractivity contribution is 6.31. The Morgan fingerprint density at radius 2 is 1.50 bits per heavy atom. The van der Waals surface area contributed by atoms with Crippen LogP contribution in [0.2, 0.25) is 5.02 Å². The van der Waals surface area contributed by atoms with Crippen molar-refractivity contribution in [3.63, 3.8) is 0 Å². The van der Waals surface area contributed by atoms with Gasteiger partial charge in [-0.3, -0.25) is 4.79 Å². The van der Waals surface area contributed by atoms with E-state index in [9.17, 15) is 41.0 Å². The van der Waals surface area contributed by atoms with Crippen molar-refractivity contribution < 1.29 is 41.0 Å². The quantitative estimate of drug-likeness (QED) is 0.621. The molecule has 2 aromatic rings. The molecule has 0 saturated carbocycles. The van der Waals surface area contributed by atoms with Crippen molar-refractivity contribution in [2.75, 3.05) is 0 Å². The number of hydrogen-bond donors (Lipinski definition) is 2. The molecule has 0 aliphatic rings. The third kappa shape index (κ3) is 6.38. The molecule has 2 aromatic carbocycles. The van der Waals surface area contributed by atoms with Gasteiger partial charge in [-0.15, -0.1) is 0 Å². The van der Waals surface area contributed by atoms with Crippen LogP contribution in [0.5, 0.6) is 0 Å². The van der Waals surface area contributed by atoms with Crippen LogP contribution in [-0.4, -0.2) is 23.0 Å². The van der Waals surface area contributed by atoms with E-state index in [1.807, 2.05) is 0 Å². The number of nitrogens with one attached hydrogen (secondary N) is 1. The van der Waals surface area contributed by atoms with Crippen LogP contribution in [0.3, 0.4) is 0 Å². The number of carboxylic acid groups (broad SMARTS) is 1. The maximum Gasteiger partial charge on any atom is 0.416 e. The number of benzene rings is 2. The first kappa shape index (κ1) is 23.5. The van der Waals surface area contributed by atoms with Crippen molar-refractivity contribution in [3.8, 4) is 0 Å². The van der Waals surface area contributed by atoms with Gasteiger partial charge in [0.15, 0.2) is 0 Å². The zero-order valence-corrected chi connectivity index (χ0v) is 15.7. The number of amides is 1. The average molecular weight is 454 g/mol. The van der Waals surface area contributed by atoms with E-state index in [-0.39, 0.29) is 17.5 Å². The van der Waals surface area contributed by atoms with Gasteiger partial charge in [0, 0.05) is 11.4 Å². The molecule has 0 saturated heterocycles. The summed E-state index contributed by atoms with van der Waals surface area (Å²) in [5.41, 5.74) is -3.29. The number of halogens is 7. The molecule has 0 fully saturated rings. The molecule has 11 heteroatoms. The lowest BCUT2D eigenvalue weighted by Crippen LogP contribution is -2.43. The second-order valence-electron chi connectivity index (χ2n) is 6.34. The van der Waals surface area contributed by atoms with E-state index >= 15 is 0 Å². The zero-order chi connectivity index (χ0) is 22.7. The lowest BCUT2D eigenvalue weighted by molar-refractivity contribution is -0.143. The van der Waals surface area contributed by atoms with Gasteiger partial charge in [0.2, 0.25) is 5.91 Å². The van der Waals surface area contributed by atoms with Crippen LogP contribution in [-0.2, 0) is 34.8 Å². The molecule has 0 radical (unpaired) electrons. The minimum atomic E-state index is -5.06. The Labute approximate surface area is 171 Å². The Kier molecular flexibility index (Phi) is 7.02. The van der Waals surface area contributed by atoms with Crippen molar-refractivity contribution in [2.45, 2.75) is 31.2 Å². The van der Waals surface area contributed by atoms with Gasteiger partial charge in [-0.25, -0.2) is 4.79 Å². The van der Waals surface area contributed by atoms with Crippen LogP contribution in [0, 0.1) is 0 Å². The van der Waals surface area contributed by atoms with Crippen molar-refractivity contribution in [1.82, 2.24) is 5.32 Å². The number of carboxylic acids is 1. The number of carbonyl (C=O) groups excluding carboxylic acids is 1. The maximum absolute atomic E-state index is 12.9. The fraction of sp³-hybridized carbons (Fsp3) is 0.263. The third-order valence-electron chi connectivity index (χ3n) is 4.03. The summed E-state index contributed by atoms with van der Waals surface area (Å²) >= 11 is 5.94. The molecule has 0 unspecified atom stereocenters. The minimum Gasteiger partial charge on any atom is -0.480 e. The number of rotatable bonds is 6. The fourth-order valence-electron chi connectivity index (χ4n) is 2.64. The van der Waals surface area contributed by atoms with E-state index < -0.39 is 53.4 Å². The molecule has 0 bridgehead atoms. The average Bonchev–Trinajstić information content (AvgIpc) is 2.61. The molecule has 0 heterocycles. The first-order valence-electron chi connectivity index (χ1n) is 8.31. The first-order valence-corrected chi connectivity index (χ1v) is 8.69. The molecule has 0 spiro atoms. The van der Waals surface area contributed by atoms with Crippen molar-refractivity contribution in [1.29, 1.82) is 0 Å². The lowest BCUT2D eigenvalue weighted by Gasteiger charge is -2.17. The molecule has 1 amide bonds. The standard InChI is InChI=1S/C19H14ClF6NO3/c20-14-4-2-1-3-11(14)8-15(17(29)30)27-16(28)7-10-5-12(18(21,22)23)9-13(6-10)19(24,25)26/h1-6,9,15H,7-8H2,(H,27,28)(H,29,30)/t15-/m1/s1. The molecule has 2 rings (SSSR count). The molecule has 2 N–H and O–H groups in total. The van der Waals surface area contributed by atoms with Crippen molar-refractivity contribution in [2.24, 2.45) is 0 Å². The van der Waals surface area contributed by atoms with Gasteiger partial charge < -0.3 is 10.4 Å². The van der Waals surface area contributed by atoms with E-state index in [4.69, 9.17) is 11.6 Å². The summed E-state index contributed by atoms with van der Waals surface area (Å²) < 4.78 is 77.5. The monoisotopic (exact) mass is 453 g/mol. The first-order chi connectivity index (χ1) is 13.8. The lowest BCUT2D eigenvalue weighted by atomic mass is 10.0. The summed E-state index contributed by atoms with van der Waals surface area (Å²) in [6, 6.07) is 5.50. The highest BCUT2D eigenvalue weighted by atomic mass is 35.5. The smallest absolute Gasteiger partial charge is 0.416 e. The fourth-order valence-corrected chi connectivity index (χ4v) is 2.85. The Hall–Kier alpha value is -2.75. The Morgan fingerprint density at radius 3 is 1.97 bits per heavy atom. The highest BCUT2D eigenvalue weighted by Gasteiger charge is 2.37. The summed E-state index contributed by atoms with van der Waals surface area (Å²) in [4.78, 5) is 23.6. The Balaban J connectivity index is 2.23. The number of alkyl halides is 6. The van der Waals surface area contributed by atoms with Gasteiger partial charge in [-0.05, 0) is 35.4 Å². The van der Waals surface area contributed by atoms with Crippen LogP contribution < -0.4 is 5.32 Å². The third-order valence-corrected chi connectivity index (χ3v) is 4.40. The topological polar surface area (TPSA) is 66.4 Å². The van der Waals surface area contributed by atoms with Crippen LogP contribution >= 0.6 is 11.6 Å². The SMILES string of the molecule is O=C(Cc1cc(C(F)(F)F)cc(C(F)(F)F)c1)N[C@H](Cc1ccccc1Cl)C(=O)O. The van der Waals surface area contributed by atoms with E-state index in [0.29, 0.717) is 17.7 Å². The second-order valence-corrected chi connectivity index (χ2v) is 6.75. The van der Waals surface area contributed by atoms with E-state index in [0.717, 1.165) is 0 Å². The van der Waals surface area contributed by atoms with Gasteiger partial charge in [0.1, 0.15) is 6.04 Å². The second kappa shape index (κ2) is 8.95. The summed E-state index contributed by atoms with van der Waals surface area (Å²) in [6.07, 6.45) is -11.2. The molecular formula is C19H14ClF6NO3. The van der Waals surface area contributed by atoms with E-state index in [1.54, 1.807) is 12.1 Å². The maximum atomic E-state index is 12.9. The van der Waals surface area contributed by atoms with Crippen molar-refractivity contribution >= 4 is 23.5 Å². The molecule has 0 aliphatic heterocycles. The minimum absolute atomic E-state index is 0.0567. The number of hydrogen-bond acceptors (Lipinski definition) is 2.